The second-order valence-electron chi connectivity index (χ2n) is 11.3. The number of aliphatic hydroxyl groups excluding tert-OH is 1. The van der Waals surface area contributed by atoms with Crippen molar-refractivity contribution >= 4 is 29.5 Å². The Kier molecular flexibility index (Phi) is 7.73. The summed E-state index contributed by atoms with van der Waals surface area (Å²) in [4.78, 5) is 49.7. The maximum absolute atomic E-state index is 14.4. The lowest BCUT2D eigenvalue weighted by atomic mass is 9.78. The Labute approximate surface area is 223 Å². The standard InChI is InChI=1S/C27H40N4O5S/c1-18(2)16-19(17-32)31-23-26(35)30(11-10-29-12-14-36-15-13-29)9-5-7-27(23)22(25(31)34)21-20(37-27)6-4-8-28(3)24(21)33/h4-7,18-23,32H,8-17H2,1-3H3/t19-,20+,21-,22+,23?,27+/m1/s1. The highest BCUT2D eigenvalue weighted by molar-refractivity contribution is 8.02. The Morgan fingerprint density at radius 2 is 1.84 bits per heavy atom. The van der Waals surface area contributed by atoms with Gasteiger partial charge in [-0.15, -0.1) is 11.8 Å². The average molecular weight is 533 g/mol. The van der Waals surface area contributed by atoms with E-state index < -0.39 is 28.7 Å². The molecule has 5 aliphatic heterocycles. The minimum Gasteiger partial charge on any atom is -0.394 e. The third kappa shape index (κ3) is 4.64. The highest BCUT2D eigenvalue weighted by Crippen LogP contribution is 2.61. The molecule has 6 atom stereocenters. The van der Waals surface area contributed by atoms with Crippen LogP contribution >= 0.6 is 11.8 Å². The number of rotatable bonds is 7. The largest absolute Gasteiger partial charge is 0.394 e. The first-order chi connectivity index (χ1) is 17.8. The molecular formula is C27H40N4O5S. The van der Waals surface area contributed by atoms with E-state index in [1.54, 1.807) is 28.6 Å². The fourth-order valence-electron chi connectivity index (χ4n) is 6.75. The molecule has 0 aromatic rings. The fraction of sp³-hybridized carbons (Fsp3) is 0.741. The van der Waals surface area contributed by atoms with Crippen molar-refractivity contribution in [1.29, 1.82) is 0 Å². The van der Waals surface area contributed by atoms with E-state index in [9.17, 15) is 19.5 Å². The number of thioether (sulfide) groups is 1. The molecule has 0 saturated carbocycles. The van der Waals surface area contributed by atoms with Crippen LogP contribution in [-0.2, 0) is 19.1 Å². The van der Waals surface area contributed by atoms with Crippen LogP contribution in [0.25, 0.3) is 0 Å². The summed E-state index contributed by atoms with van der Waals surface area (Å²) in [7, 11) is 1.77. The second-order valence-corrected chi connectivity index (χ2v) is 12.8. The van der Waals surface area contributed by atoms with Crippen LogP contribution in [-0.4, -0.2) is 131 Å². The lowest BCUT2D eigenvalue weighted by Crippen LogP contribution is -2.57. The Morgan fingerprint density at radius 3 is 2.54 bits per heavy atom. The normalized spacial score (nSPS) is 35.1. The number of morpholine rings is 1. The molecular weight excluding hydrogens is 492 g/mol. The summed E-state index contributed by atoms with van der Waals surface area (Å²) in [5.41, 5.74) is 0. The fourth-order valence-corrected chi connectivity index (χ4v) is 8.74. The molecule has 37 heavy (non-hydrogen) atoms. The number of fused-ring (bicyclic) bond motifs is 2. The summed E-state index contributed by atoms with van der Waals surface area (Å²) in [6.07, 6.45) is 8.72. The van der Waals surface area contributed by atoms with Gasteiger partial charge in [0.15, 0.2) is 0 Å². The molecule has 0 aromatic heterocycles. The van der Waals surface area contributed by atoms with Crippen molar-refractivity contribution in [2.45, 2.75) is 42.3 Å². The van der Waals surface area contributed by atoms with Gasteiger partial charge in [0.1, 0.15) is 6.04 Å². The molecule has 0 radical (unpaired) electrons. The van der Waals surface area contributed by atoms with Gasteiger partial charge in [0, 0.05) is 51.6 Å². The first-order valence-electron chi connectivity index (χ1n) is 13.6. The van der Waals surface area contributed by atoms with Crippen molar-refractivity contribution < 1.29 is 24.2 Å². The number of hydrogen-bond acceptors (Lipinski definition) is 7. The van der Waals surface area contributed by atoms with Gasteiger partial charge in [-0.25, -0.2) is 0 Å². The van der Waals surface area contributed by atoms with E-state index in [1.165, 1.54) is 0 Å². The third-order valence-electron chi connectivity index (χ3n) is 8.52. The summed E-state index contributed by atoms with van der Waals surface area (Å²) in [5.74, 6) is -1.21. The molecule has 5 aliphatic rings. The summed E-state index contributed by atoms with van der Waals surface area (Å²) >= 11 is 1.60. The number of amides is 3. The van der Waals surface area contributed by atoms with Crippen LogP contribution in [0, 0.1) is 17.8 Å². The molecule has 5 heterocycles. The first-order valence-corrected chi connectivity index (χ1v) is 14.5. The van der Waals surface area contributed by atoms with Crippen molar-refractivity contribution in [2.24, 2.45) is 17.8 Å². The number of likely N-dealkylation sites (N-methyl/N-ethyl adjacent to an activating group) is 1. The molecule has 3 fully saturated rings. The molecule has 3 amide bonds. The molecule has 0 bridgehead atoms. The quantitative estimate of drug-likeness (QED) is 0.476. The predicted molar refractivity (Wildman–Crippen MR) is 142 cm³/mol. The maximum atomic E-state index is 14.4. The zero-order valence-corrected chi connectivity index (χ0v) is 22.9. The van der Waals surface area contributed by atoms with Crippen LogP contribution in [0.5, 0.6) is 0 Å². The number of likely N-dealkylation sites (tertiary alicyclic amines) is 1. The van der Waals surface area contributed by atoms with Crippen LogP contribution in [0.1, 0.15) is 20.3 Å². The average Bonchev–Trinajstić information content (AvgIpc) is 3.22. The third-order valence-corrected chi connectivity index (χ3v) is 10.3. The summed E-state index contributed by atoms with van der Waals surface area (Å²) in [5, 5.41) is 10.3. The van der Waals surface area contributed by atoms with Gasteiger partial charge in [0.05, 0.1) is 42.4 Å². The molecule has 0 aliphatic carbocycles. The minimum atomic E-state index is -0.834. The Morgan fingerprint density at radius 1 is 1.08 bits per heavy atom. The smallest absolute Gasteiger partial charge is 0.247 e. The lowest BCUT2D eigenvalue weighted by Gasteiger charge is -2.39. The predicted octanol–water partition coefficient (Wildman–Crippen LogP) is 0.450. The number of ether oxygens (including phenoxy) is 1. The van der Waals surface area contributed by atoms with E-state index in [1.807, 2.05) is 17.1 Å². The molecule has 3 saturated heterocycles. The van der Waals surface area contributed by atoms with Gasteiger partial charge < -0.3 is 24.5 Å². The van der Waals surface area contributed by atoms with E-state index in [0.29, 0.717) is 39.3 Å². The minimum absolute atomic E-state index is 0.0444. The van der Waals surface area contributed by atoms with Gasteiger partial charge in [-0.05, 0) is 12.3 Å². The molecule has 5 rings (SSSR count). The molecule has 204 valence electrons. The van der Waals surface area contributed by atoms with E-state index in [2.05, 4.69) is 30.9 Å². The second kappa shape index (κ2) is 10.7. The Balaban J connectivity index is 1.52. The van der Waals surface area contributed by atoms with Crippen LogP contribution < -0.4 is 0 Å². The number of aliphatic hydroxyl groups is 1. The van der Waals surface area contributed by atoms with Gasteiger partial charge in [0.2, 0.25) is 17.7 Å². The highest BCUT2D eigenvalue weighted by Gasteiger charge is 2.71. The number of hydrogen-bond donors (Lipinski definition) is 1. The molecule has 10 heteroatoms. The Bertz CT molecular complexity index is 966. The Hall–Kier alpha value is -1.88. The molecule has 9 nitrogen and oxygen atoms in total. The van der Waals surface area contributed by atoms with Crippen LogP contribution in [0.2, 0.25) is 0 Å². The number of nitrogens with zero attached hydrogens (tertiary/aromatic N) is 4. The summed E-state index contributed by atoms with van der Waals surface area (Å²) in [6, 6.07) is -1.21. The zero-order valence-electron chi connectivity index (χ0n) is 22.1. The molecule has 1 unspecified atom stereocenters. The van der Waals surface area contributed by atoms with Crippen molar-refractivity contribution in [2.75, 3.05) is 66.1 Å². The van der Waals surface area contributed by atoms with Crippen molar-refractivity contribution in [3.63, 3.8) is 0 Å². The molecule has 0 aromatic carbocycles. The van der Waals surface area contributed by atoms with E-state index in [-0.39, 0.29) is 35.5 Å². The monoisotopic (exact) mass is 532 g/mol. The highest BCUT2D eigenvalue weighted by atomic mass is 32.2. The van der Waals surface area contributed by atoms with E-state index >= 15 is 0 Å². The summed E-state index contributed by atoms with van der Waals surface area (Å²) < 4.78 is 4.63. The topological polar surface area (TPSA) is 93.6 Å². The van der Waals surface area contributed by atoms with Crippen molar-refractivity contribution in [1.82, 2.24) is 19.6 Å². The van der Waals surface area contributed by atoms with Crippen LogP contribution in [0.4, 0.5) is 0 Å². The summed E-state index contributed by atoms with van der Waals surface area (Å²) in [6.45, 7) is 9.31. The first kappa shape index (κ1) is 26.7. The lowest BCUT2D eigenvalue weighted by molar-refractivity contribution is -0.147. The SMILES string of the molecule is CC(C)C[C@H](CO)N1C(=O)[C@@H]2[C@@H]3C(=O)N(C)CC=C[C@@H]3S[C@@]23C=CCN(CCN2CCOCC2)C(=O)C13. The van der Waals surface area contributed by atoms with Gasteiger partial charge in [-0.1, -0.05) is 38.2 Å². The number of carbonyl (C=O) groups is 3. The maximum Gasteiger partial charge on any atom is 0.247 e. The van der Waals surface area contributed by atoms with Gasteiger partial charge in [-0.3, -0.25) is 19.3 Å². The molecule has 1 spiro atoms. The van der Waals surface area contributed by atoms with Crippen LogP contribution in [0.15, 0.2) is 24.3 Å². The van der Waals surface area contributed by atoms with Crippen molar-refractivity contribution in [3.05, 3.63) is 24.3 Å². The van der Waals surface area contributed by atoms with Gasteiger partial charge >= 0.3 is 0 Å². The zero-order chi connectivity index (χ0) is 26.3. The van der Waals surface area contributed by atoms with E-state index in [4.69, 9.17) is 4.74 Å². The van der Waals surface area contributed by atoms with Crippen molar-refractivity contribution in [3.8, 4) is 0 Å². The molecule has 1 N–H and O–H groups in total. The van der Waals surface area contributed by atoms with E-state index in [0.717, 1.165) is 19.6 Å². The van der Waals surface area contributed by atoms with Gasteiger partial charge in [-0.2, -0.15) is 0 Å². The van der Waals surface area contributed by atoms with Gasteiger partial charge in [0.25, 0.3) is 0 Å². The number of carbonyl (C=O) groups excluding carboxylic acids is 3. The van der Waals surface area contributed by atoms with Crippen LogP contribution in [0.3, 0.4) is 0 Å².